The van der Waals surface area contributed by atoms with Gasteiger partial charge in [-0.2, -0.15) is 0 Å². The molecule has 3 nitrogen and oxygen atoms in total. The number of hydrogen-bond acceptors (Lipinski definition) is 3. The largest absolute Gasteiger partial charge is 0.455 e. The minimum Gasteiger partial charge on any atom is -0.455 e. The highest BCUT2D eigenvalue weighted by molar-refractivity contribution is 6.14. The van der Waals surface area contributed by atoms with Gasteiger partial charge in [0.05, 0.1) is 5.52 Å². The molecular weight excluding hydrogens is 609 g/mol. The molecule has 10 aromatic rings. The lowest BCUT2D eigenvalue weighted by molar-refractivity contribution is 0.672. The van der Waals surface area contributed by atoms with Gasteiger partial charge in [-0.15, -0.1) is 0 Å². The van der Waals surface area contributed by atoms with Crippen LogP contribution in [0, 0.1) is 0 Å². The Morgan fingerprint density at radius 3 is 1.74 bits per heavy atom. The van der Waals surface area contributed by atoms with E-state index in [1.165, 1.54) is 38.2 Å². The maximum atomic E-state index is 6.61. The maximum Gasteiger partial charge on any atom is 0.146 e. The molecule has 0 aliphatic heterocycles. The number of nitrogens with zero attached hydrogens (tertiary/aromatic N) is 2. The molecule has 2 aromatic heterocycles. The Hall–Kier alpha value is -6.71. The van der Waals surface area contributed by atoms with Gasteiger partial charge in [-0.1, -0.05) is 109 Å². The van der Waals surface area contributed by atoms with Gasteiger partial charge in [0, 0.05) is 45.5 Å². The lowest BCUT2D eigenvalue weighted by Gasteiger charge is -2.26. The lowest BCUT2D eigenvalue weighted by atomic mass is 9.99. The van der Waals surface area contributed by atoms with Gasteiger partial charge in [0.25, 0.3) is 0 Å². The van der Waals surface area contributed by atoms with Crippen LogP contribution in [-0.4, -0.2) is 4.98 Å². The summed E-state index contributed by atoms with van der Waals surface area (Å²) in [4.78, 5) is 7.04. The molecule has 0 spiro atoms. The quantitative estimate of drug-likeness (QED) is 0.188. The van der Waals surface area contributed by atoms with E-state index in [2.05, 4.69) is 163 Å². The number of fused-ring (bicyclic) bond motifs is 7. The second-order valence-electron chi connectivity index (χ2n) is 12.9. The number of pyridine rings is 1. The summed E-state index contributed by atoms with van der Waals surface area (Å²) < 4.78 is 6.61. The molecule has 0 amide bonds. The Bertz CT molecular complexity index is 2890. The monoisotopic (exact) mass is 638 g/mol. The third-order valence-electron chi connectivity index (χ3n) is 9.85. The second-order valence-corrected chi connectivity index (χ2v) is 12.9. The fourth-order valence-corrected chi connectivity index (χ4v) is 7.30. The van der Waals surface area contributed by atoms with Crippen LogP contribution in [0.5, 0.6) is 0 Å². The third-order valence-corrected chi connectivity index (χ3v) is 9.85. The Balaban J connectivity index is 1.12. The Morgan fingerprint density at radius 2 is 0.980 bits per heavy atom. The average molecular weight is 639 g/mol. The summed E-state index contributed by atoms with van der Waals surface area (Å²) in [6.45, 7) is 0. The molecule has 0 unspecified atom stereocenters. The van der Waals surface area contributed by atoms with E-state index in [0.29, 0.717) is 0 Å². The molecule has 10 rings (SSSR count). The molecule has 234 valence electrons. The Kier molecular flexibility index (Phi) is 6.49. The summed E-state index contributed by atoms with van der Waals surface area (Å²) >= 11 is 0. The summed E-state index contributed by atoms with van der Waals surface area (Å²) in [5.74, 6) is 0. The van der Waals surface area contributed by atoms with E-state index in [0.717, 1.165) is 55.5 Å². The maximum absolute atomic E-state index is 6.61. The fourth-order valence-electron chi connectivity index (χ4n) is 7.30. The Labute approximate surface area is 289 Å². The molecule has 0 saturated heterocycles. The van der Waals surface area contributed by atoms with Gasteiger partial charge in [-0.25, -0.2) is 0 Å². The average Bonchev–Trinajstić information content (AvgIpc) is 3.57. The molecule has 0 fully saturated rings. The van der Waals surface area contributed by atoms with Crippen LogP contribution in [0.25, 0.3) is 76.6 Å². The SMILES string of the molecule is c1cc(-c2ccc3ccccc3c2)cc(N(c2ccc(-c3ccc4ccccc4c3)cc2)c2ccc3c(c2)oc2c4ccccc4ncc32)c1. The van der Waals surface area contributed by atoms with Crippen molar-refractivity contribution in [3.8, 4) is 22.3 Å². The first-order chi connectivity index (χ1) is 24.7. The number of aromatic nitrogens is 1. The van der Waals surface area contributed by atoms with E-state index in [4.69, 9.17) is 9.40 Å². The standard InChI is InChI=1S/C47H30N2O/c1-3-10-34-26-37(18-16-31(34)8-1)33-20-22-39(23-21-33)49(40-13-7-12-36(28-40)38-19-17-32-9-2-4-11-35(32)27-38)41-24-25-42-44-30-48-45-15-6-5-14-43(45)47(44)50-46(42)29-41/h1-30H. The highest BCUT2D eigenvalue weighted by Crippen LogP contribution is 2.41. The highest BCUT2D eigenvalue weighted by Gasteiger charge is 2.18. The normalized spacial score (nSPS) is 11.6. The van der Waals surface area contributed by atoms with Gasteiger partial charge in [0.15, 0.2) is 0 Å². The van der Waals surface area contributed by atoms with Crippen LogP contribution >= 0.6 is 0 Å². The first kappa shape index (κ1) is 28.3. The van der Waals surface area contributed by atoms with Crippen LogP contribution in [0.2, 0.25) is 0 Å². The first-order valence-corrected chi connectivity index (χ1v) is 16.9. The summed E-state index contributed by atoms with van der Waals surface area (Å²) in [5, 5.41) is 8.05. The van der Waals surface area contributed by atoms with Crippen LogP contribution in [0.1, 0.15) is 0 Å². The van der Waals surface area contributed by atoms with Crippen molar-refractivity contribution in [1.29, 1.82) is 0 Å². The summed E-state index contributed by atoms with van der Waals surface area (Å²) in [6, 6.07) is 62.7. The third kappa shape index (κ3) is 4.79. The van der Waals surface area contributed by atoms with Crippen molar-refractivity contribution in [2.75, 3.05) is 4.90 Å². The Morgan fingerprint density at radius 1 is 0.380 bits per heavy atom. The van der Waals surface area contributed by atoms with E-state index in [9.17, 15) is 0 Å². The number of rotatable bonds is 5. The zero-order valence-electron chi connectivity index (χ0n) is 27.1. The van der Waals surface area contributed by atoms with Gasteiger partial charge in [0.2, 0.25) is 0 Å². The van der Waals surface area contributed by atoms with Gasteiger partial charge >= 0.3 is 0 Å². The van der Waals surface area contributed by atoms with E-state index in [-0.39, 0.29) is 0 Å². The van der Waals surface area contributed by atoms with E-state index < -0.39 is 0 Å². The molecule has 0 saturated carbocycles. The summed E-state index contributed by atoms with van der Waals surface area (Å²) in [7, 11) is 0. The molecule has 0 bridgehead atoms. The van der Waals surface area contributed by atoms with Crippen LogP contribution < -0.4 is 4.90 Å². The molecule has 50 heavy (non-hydrogen) atoms. The van der Waals surface area contributed by atoms with Crippen molar-refractivity contribution >= 4 is 71.4 Å². The fraction of sp³-hybridized carbons (Fsp3) is 0. The van der Waals surface area contributed by atoms with Crippen LogP contribution in [0.3, 0.4) is 0 Å². The van der Waals surface area contributed by atoms with Crippen molar-refractivity contribution in [3.05, 3.63) is 182 Å². The lowest BCUT2D eigenvalue weighted by Crippen LogP contribution is -2.10. The summed E-state index contributed by atoms with van der Waals surface area (Å²) in [5.41, 5.74) is 10.5. The van der Waals surface area contributed by atoms with Crippen molar-refractivity contribution in [3.63, 3.8) is 0 Å². The minimum absolute atomic E-state index is 0.833. The van der Waals surface area contributed by atoms with E-state index in [1.807, 2.05) is 24.4 Å². The van der Waals surface area contributed by atoms with Crippen LogP contribution in [0.4, 0.5) is 17.1 Å². The molecule has 0 aliphatic rings. The van der Waals surface area contributed by atoms with E-state index >= 15 is 0 Å². The van der Waals surface area contributed by atoms with Gasteiger partial charge in [-0.05, 0) is 104 Å². The zero-order chi connectivity index (χ0) is 33.0. The molecule has 3 heteroatoms. The molecule has 0 atom stereocenters. The minimum atomic E-state index is 0.833. The molecule has 0 radical (unpaired) electrons. The number of para-hydroxylation sites is 1. The molecular formula is C47H30N2O. The predicted octanol–water partition coefficient (Wildman–Crippen LogP) is 13.2. The van der Waals surface area contributed by atoms with Gasteiger partial charge in [0.1, 0.15) is 11.2 Å². The zero-order valence-corrected chi connectivity index (χ0v) is 27.1. The molecule has 0 aliphatic carbocycles. The molecule has 2 heterocycles. The van der Waals surface area contributed by atoms with Crippen molar-refractivity contribution in [2.24, 2.45) is 0 Å². The number of anilines is 3. The smallest absolute Gasteiger partial charge is 0.146 e. The summed E-state index contributed by atoms with van der Waals surface area (Å²) in [6.07, 6.45) is 1.93. The van der Waals surface area contributed by atoms with Crippen LogP contribution in [-0.2, 0) is 0 Å². The van der Waals surface area contributed by atoms with Crippen molar-refractivity contribution < 1.29 is 4.42 Å². The van der Waals surface area contributed by atoms with E-state index in [1.54, 1.807) is 0 Å². The molecule has 0 N–H and O–H groups in total. The molecule has 8 aromatic carbocycles. The number of benzene rings is 8. The first-order valence-electron chi connectivity index (χ1n) is 16.9. The second kappa shape index (κ2) is 11.5. The number of hydrogen-bond donors (Lipinski definition) is 0. The highest BCUT2D eigenvalue weighted by atomic mass is 16.3. The topological polar surface area (TPSA) is 29.3 Å². The van der Waals surface area contributed by atoms with Gasteiger partial charge in [-0.3, -0.25) is 4.98 Å². The predicted molar refractivity (Wildman–Crippen MR) is 210 cm³/mol. The van der Waals surface area contributed by atoms with Crippen molar-refractivity contribution in [1.82, 2.24) is 4.98 Å². The van der Waals surface area contributed by atoms with Crippen molar-refractivity contribution in [2.45, 2.75) is 0 Å². The number of furan rings is 1. The van der Waals surface area contributed by atoms with Crippen LogP contribution in [0.15, 0.2) is 187 Å². The van der Waals surface area contributed by atoms with Gasteiger partial charge < -0.3 is 9.32 Å².